The van der Waals surface area contributed by atoms with Crippen molar-refractivity contribution in [2.75, 3.05) is 11.9 Å². The van der Waals surface area contributed by atoms with Gasteiger partial charge in [-0.15, -0.1) is 0 Å². The van der Waals surface area contributed by atoms with Gasteiger partial charge in [-0.2, -0.15) is 0 Å². The molecule has 0 unspecified atom stereocenters. The van der Waals surface area contributed by atoms with Gasteiger partial charge < -0.3 is 4.90 Å². The first-order valence-electron chi connectivity index (χ1n) is 8.86. The monoisotopic (exact) mass is 329 g/mol. The molecular weight excluding hydrogens is 302 g/mol. The summed E-state index contributed by atoms with van der Waals surface area (Å²) < 4.78 is 0. The predicted molar refractivity (Wildman–Crippen MR) is 109 cm³/mol. The quantitative estimate of drug-likeness (QED) is 0.535. The number of anilines is 2. The van der Waals surface area contributed by atoms with E-state index in [2.05, 4.69) is 112 Å². The second kappa shape index (κ2) is 6.76. The molecule has 0 aliphatic carbocycles. The zero-order valence-electron chi connectivity index (χ0n) is 15.9. The maximum Gasteiger partial charge on any atom is 0.0408 e. The molecule has 0 aliphatic heterocycles. The molecule has 0 N–H and O–H groups in total. The molecule has 25 heavy (non-hydrogen) atoms. The number of hydrogen-bond acceptors (Lipinski definition) is 1. The lowest BCUT2D eigenvalue weighted by Gasteiger charge is -2.27. The van der Waals surface area contributed by atoms with E-state index in [-0.39, 0.29) is 5.41 Å². The SMILES string of the molecule is Cc1ccc(N(C)c2ccc(C(C)(C)c3ccc(C)cc3)cc2)cc1. The molecule has 0 bridgehead atoms. The molecule has 0 saturated heterocycles. The Morgan fingerprint density at radius 2 is 0.880 bits per heavy atom. The standard InChI is InChI=1S/C24H27N/c1-18-6-10-20(11-7-18)24(3,4)21-12-16-23(17-13-21)25(5)22-14-8-19(2)9-15-22/h6-17H,1-5H3. The molecule has 3 aromatic carbocycles. The average Bonchev–Trinajstić information content (AvgIpc) is 2.62. The van der Waals surface area contributed by atoms with Gasteiger partial charge in [0, 0.05) is 23.8 Å². The third kappa shape index (κ3) is 3.61. The van der Waals surface area contributed by atoms with Gasteiger partial charge in [-0.25, -0.2) is 0 Å². The van der Waals surface area contributed by atoms with E-state index in [0.29, 0.717) is 0 Å². The van der Waals surface area contributed by atoms with Gasteiger partial charge in [0.05, 0.1) is 0 Å². The Kier molecular flexibility index (Phi) is 4.67. The summed E-state index contributed by atoms with van der Waals surface area (Å²) in [6.07, 6.45) is 0. The van der Waals surface area contributed by atoms with Crippen molar-refractivity contribution in [1.82, 2.24) is 0 Å². The fourth-order valence-electron chi connectivity index (χ4n) is 3.16. The lowest BCUT2D eigenvalue weighted by atomic mass is 9.78. The van der Waals surface area contributed by atoms with Gasteiger partial charge in [0.1, 0.15) is 0 Å². The van der Waals surface area contributed by atoms with Crippen LogP contribution < -0.4 is 4.90 Å². The van der Waals surface area contributed by atoms with Gasteiger partial charge in [0.25, 0.3) is 0 Å². The minimum Gasteiger partial charge on any atom is -0.345 e. The minimum absolute atomic E-state index is 0.00530. The van der Waals surface area contributed by atoms with Crippen LogP contribution in [0.4, 0.5) is 11.4 Å². The molecule has 0 saturated carbocycles. The van der Waals surface area contributed by atoms with E-state index in [1.807, 2.05) is 0 Å². The van der Waals surface area contributed by atoms with Gasteiger partial charge in [0.15, 0.2) is 0 Å². The summed E-state index contributed by atoms with van der Waals surface area (Å²) in [7, 11) is 2.12. The van der Waals surface area contributed by atoms with E-state index < -0.39 is 0 Å². The van der Waals surface area contributed by atoms with Crippen molar-refractivity contribution in [3.8, 4) is 0 Å². The second-order valence-corrected chi connectivity index (χ2v) is 7.43. The minimum atomic E-state index is -0.00530. The molecular formula is C24H27N. The molecule has 128 valence electrons. The molecule has 0 spiro atoms. The van der Waals surface area contributed by atoms with Crippen LogP contribution in [0.25, 0.3) is 0 Å². The van der Waals surface area contributed by atoms with Crippen molar-refractivity contribution < 1.29 is 0 Å². The first kappa shape index (κ1) is 17.3. The Bertz CT molecular complexity index is 825. The molecule has 0 fully saturated rings. The van der Waals surface area contributed by atoms with Gasteiger partial charge in [-0.1, -0.05) is 73.5 Å². The van der Waals surface area contributed by atoms with E-state index in [1.54, 1.807) is 0 Å². The van der Waals surface area contributed by atoms with Crippen molar-refractivity contribution in [2.24, 2.45) is 0 Å². The van der Waals surface area contributed by atoms with Gasteiger partial charge in [-0.05, 0) is 49.2 Å². The van der Waals surface area contributed by atoms with Crippen LogP contribution in [-0.4, -0.2) is 7.05 Å². The average molecular weight is 329 g/mol. The summed E-state index contributed by atoms with van der Waals surface area (Å²) >= 11 is 0. The molecule has 3 rings (SSSR count). The Morgan fingerprint density at radius 3 is 1.32 bits per heavy atom. The third-order valence-electron chi connectivity index (χ3n) is 5.17. The van der Waals surface area contributed by atoms with Crippen LogP contribution in [0.15, 0.2) is 72.8 Å². The molecule has 1 nitrogen and oxygen atoms in total. The van der Waals surface area contributed by atoms with Crippen LogP contribution in [0, 0.1) is 13.8 Å². The van der Waals surface area contributed by atoms with E-state index in [4.69, 9.17) is 0 Å². The summed E-state index contributed by atoms with van der Waals surface area (Å²) in [6, 6.07) is 26.4. The largest absolute Gasteiger partial charge is 0.345 e. The molecule has 3 aromatic rings. The highest BCUT2D eigenvalue weighted by atomic mass is 15.1. The molecule has 0 aromatic heterocycles. The molecule has 0 heterocycles. The Hall–Kier alpha value is -2.54. The van der Waals surface area contributed by atoms with E-state index in [0.717, 1.165) is 0 Å². The zero-order valence-corrected chi connectivity index (χ0v) is 15.9. The predicted octanol–water partition coefficient (Wildman–Crippen LogP) is 6.40. The fourth-order valence-corrected chi connectivity index (χ4v) is 3.16. The van der Waals surface area contributed by atoms with E-state index in [9.17, 15) is 0 Å². The maximum atomic E-state index is 2.29. The van der Waals surface area contributed by atoms with E-state index >= 15 is 0 Å². The highest BCUT2D eigenvalue weighted by Gasteiger charge is 2.23. The highest BCUT2D eigenvalue weighted by Crippen LogP contribution is 2.33. The van der Waals surface area contributed by atoms with Crippen molar-refractivity contribution in [2.45, 2.75) is 33.1 Å². The first-order chi connectivity index (χ1) is 11.9. The summed E-state index contributed by atoms with van der Waals surface area (Å²) in [5.74, 6) is 0. The number of nitrogens with zero attached hydrogens (tertiary/aromatic N) is 1. The van der Waals surface area contributed by atoms with Gasteiger partial charge in [-0.3, -0.25) is 0 Å². The second-order valence-electron chi connectivity index (χ2n) is 7.43. The Labute approximate surface area is 151 Å². The van der Waals surface area contributed by atoms with E-state index in [1.165, 1.54) is 33.6 Å². The molecule has 0 aliphatic rings. The summed E-state index contributed by atoms with van der Waals surface area (Å²) in [4.78, 5) is 2.22. The van der Waals surface area contributed by atoms with Crippen LogP contribution in [0.1, 0.15) is 36.1 Å². The maximum absolute atomic E-state index is 2.29. The fraction of sp³-hybridized carbons (Fsp3) is 0.250. The van der Waals surface area contributed by atoms with Crippen molar-refractivity contribution in [3.05, 3.63) is 95.1 Å². The van der Waals surface area contributed by atoms with Gasteiger partial charge >= 0.3 is 0 Å². The van der Waals surface area contributed by atoms with Crippen LogP contribution in [0.5, 0.6) is 0 Å². The topological polar surface area (TPSA) is 3.24 Å². The van der Waals surface area contributed by atoms with Crippen molar-refractivity contribution in [1.29, 1.82) is 0 Å². The van der Waals surface area contributed by atoms with Crippen LogP contribution in [-0.2, 0) is 5.41 Å². The van der Waals surface area contributed by atoms with Crippen molar-refractivity contribution in [3.63, 3.8) is 0 Å². The van der Waals surface area contributed by atoms with Crippen LogP contribution in [0.2, 0.25) is 0 Å². The summed E-state index contributed by atoms with van der Waals surface area (Å²) in [6.45, 7) is 8.82. The van der Waals surface area contributed by atoms with Crippen LogP contribution in [0.3, 0.4) is 0 Å². The number of aryl methyl sites for hydroxylation is 2. The Balaban J connectivity index is 1.86. The summed E-state index contributed by atoms with van der Waals surface area (Å²) in [5, 5.41) is 0. The number of rotatable bonds is 4. The first-order valence-corrected chi connectivity index (χ1v) is 8.86. The summed E-state index contributed by atoms with van der Waals surface area (Å²) in [5.41, 5.74) is 7.66. The molecule has 0 radical (unpaired) electrons. The lowest BCUT2D eigenvalue weighted by molar-refractivity contribution is 0.640. The normalized spacial score (nSPS) is 11.4. The number of hydrogen-bond donors (Lipinski definition) is 0. The third-order valence-corrected chi connectivity index (χ3v) is 5.17. The molecule has 0 atom stereocenters. The highest BCUT2D eigenvalue weighted by molar-refractivity contribution is 5.63. The zero-order chi connectivity index (χ0) is 18.0. The molecule has 0 amide bonds. The molecule has 1 heteroatoms. The van der Waals surface area contributed by atoms with Crippen LogP contribution >= 0.6 is 0 Å². The smallest absolute Gasteiger partial charge is 0.0408 e. The van der Waals surface area contributed by atoms with Crippen molar-refractivity contribution >= 4 is 11.4 Å². The number of benzene rings is 3. The lowest BCUT2D eigenvalue weighted by Crippen LogP contribution is -2.19. The van der Waals surface area contributed by atoms with Gasteiger partial charge in [0.2, 0.25) is 0 Å². The Morgan fingerprint density at radius 1 is 0.560 bits per heavy atom.